The van der Waals surface area contributed by atoms with Crippen LogP contribution in [0.1, 0.15) is 26.5 Å². The summed E-state index contributed by atoms with van der Waals surface area (Å²) in [4.78, 5) is 12.1. The smallest absolute Gasteiger partial charge is 0.196 e. The van der Waals surface area contributed by atoms with Gasteiger partial charge in [-0.15, -0.1) is 0 Å². The van der Waals surface area contributed by atoms with Gasteiger partial charge in [-0.2, -0.15) is 0 Å². The molecule has 0 aromatic carbocycles. The lowest BCUT2D eigenvalue weighted by molar-refractivity contribution is 0.243. The second-order valence-corrected chi connectivity index (χ2v) is 11.5. The summed E-state index contributed by atoms with van der Waals surface area (Å²) < 4.78 is 16.8. The van der Waals surface area contributed by atoms with Crippen molar-refractivity contribution in [1.82, 2.24) is 0 Å². The zero-order valence-corrected chi connectivity index (χ0v) is 14.2. The van der Waals surface area contributed by atoms with Crippen LogP contribution >= 0.6 is 0 Å². The minimum Gasteiger partial charge on any atom is -0.466 e. The topological polar surface area (TPSA) is 52.6 Å². The molecule has 5 heteroatoms. The lowest BCUT2D eigenvalue weighted by Gasteiger charge is -2.35. The Morgan fingerprint density at radius 2 is 1.95 bits per heavy atom. The summed E-state index contributed by atoms with van der Waals surface area (Å²) in [6.07, 6.45) is 2.97. The predicted octanol–water partition coefficient (Wildman–Crippen LogP) is 4.42. The molecular weight excluding hydrogens is 284 g/mol. The lowest BCUT2D eigenvalue weighted by Crippen LogP contribution is -2.40. The molecule has 21 heavy (non-hydrogen) atoms. The van der Waals surface area contributed by atoms with Gasteiger partial charge in [0.15, 0.2) is 13.7 Å². The molecular formula is C16H22O4Si. The molecule has 2 aromatic rings. The highest BCUT2D eigenvalue weighted by Gasteiger charge is 2.37. The van der Waals surface area contributed by atoms with Crippen LogP contribution in [0.5, 0.6) is 0 Å². The summed E-state index contributed by atoms with van der Waals surface area (Å²) in [7, 11) is -1.85. The van der Waals surface area contributed by atoms with Crippen molar-refractivity contribution in [3.8, 4) is 11.3 Å². The molecule has 0 saturated heterocycles. The van der Waals surface area contributed by atoms with Gasteiger partial charge in [0.2, 0.25) is 0 Å². The van der Waals surface area contributed by atoms with Gasteiger partial charge in [-0.25, -0.2) is 0 Å². The molecule has 0 unspecified atom stereocenters. The van der Waals surface area contributed by atoms with Crippen LogP contribution < -0.4 is 5.43 Å². The van der Waals surface area contributed by atoms with Crippen molar-refractivity contribution in [3.05, 3.63) is 46.7 Å². The van der Waals surface area contributed by atoms with Crippen molar-refractivity contribution in [1.29, 1.82) is 0 Å². The summed E-state index contributed by atoms with van der Waals surface area (Å²) >= 11 is 0. The van der Waals surface area contributed by atoms with Gasteiger partial charge in [-0.3, -0.25) is 4.79 Å². The summed E-state index contributed by atoms with van der Waals surface area (Å²) in [5.41, 5.74) is 0.307. The Balaban J connectivity index is 2.14. The summed E-state index contributed by atoms with van der Waals surface area (Å²) in [6.45, 7) is 11.2. The molecule has 0 atom stereocenters. The number of furan rings is 1. The fourth-order valence-corrected chi connectivity index (χ4v) is 2.54. The number of rotatable bonds is 4. The van der Waals surface area contributed by atoms with E-state index in [4.69, 9.17) is 13.3 Å². The Bertz CT molecular complexity index is 648. The standard InChI is InChI=1S/C16H22O4Si/c1-16(2,3)21(4,5)20-10-12-9-14(17)13(11-19-12)15-7-6-8-18-15/h6-9,11H,10H2,1-5H3. The molecule has 2 heterocycles. The van der Waals surface area contributed by atoms with E-state index in [9.17, 15) is 4.79 Å². The van der Waals surface area contributed by atoms with Gasteiger partial charge in [-0.1, -0.05) is 20.8 Å². The second kappa shape index (κ2) is 5.65. The van der Waals surface area contributed by atoms with Crippen LogP contribution in [0.15, 0.2) is 44.4 Å². The van der Waals surface area contributed by atoms with E-state index in [0.717, 1.165) is 0 Å². The first-order valence-corrected chi connectivity index (χ1v) is 9.91. The number of hydrogen-bond donors (Lipinski definition) is 0. The van der Waals surface area contributed by atoms with E-state index < -0.39 is 8.32 Å². The van der Waals surface area contributed by atoms with E-state index in [1.807, 2.05) is 0 Å². The molecule has 2 aromatic heterocycles. The van der Waals surface area contributed by atoms with Crippen molar-refractivity contribution in [2.45, 2.75) is 45.5 Å². The number of hydrogen-bond acceptors (Lipinski definition) is 4. The van der Waals surface area contributed by atoms with E-state index >= 15 is 0 Å². The third kappa shape index (κ3) is 3.54. The Hall–Kier alpha value is -1.59. The minimum atomic E-state index is -1.85. The minimum absolute atomic E-state index is 0.120. The van der Waals surface area contributed by atoms with Crippen LogP contribution in [-0.4, -0.2) is 8.32 Å². The van der Waals surface area contributed by atoms with Crippen LogP contribution in [0.2, 0.25) is 18.1 Å². The van der Waals surface area contributed by atoms with Crippen LogP contribution in [0.4, 0.5) is 0 Å². The van der Waals surface area contributed by atoms with Gasteiger partial charge in [0, 0.05) is 6.07 Å². The molecule has 4 nitrogen and oxygen atoms in total. The van der Waals surface area contributed by atoms with Crippen molar-refractivity contribution < 1.29 is 13.3 Å². The third-order valence-electron chi connectivity index (χ3n) is 4.05. The Kier molecular flexibility index (Phi) is 4.25. The van der Waals surface area contributed by atoms with Gasteiger partial charge in [0.05, 0.1) is 18.4 Å². The molecule has 0 aliphatic carbocycles. The molecule has 0 N–H and O–H groups in total. The zero-order chi connectivity index (χ0) is 15.7. The fraction of sp³-hybridized carbons (Fsp3) is 0.438. The average Bonchev–Trinajstić information content (AvgIpc) is 2.89. The van der Waals surface area contributed by atoms with Gasteiger partial charge in [-0.05, 0) is 30.3 Å². The summed E-state index contributed by atoms with van der Waals surface area (Å²) in [5, 5.41) is 0.126. The van der Waals surface area contributed by atoms with Crippen LogP contribution in [0.25, 0.3) is 11.3 Å². The molecule has 0 aliphatic heterocycles. The van der Waals surface area contributed by atoms with Gasteiger partial charge >= 0.3 is 0 Å². The zero-order valence-electron chi connectivity index (χ0n) is 13.2. The van der Waals surface area contributed by atoms with E-state index in [2.05, 4.69) is 33.9 Å². The van der Waals surface area contributed by atoms with E-state index in [1.54, 1.807) is 12.1 Å². The van der Waals surface area contributed by atoms with E-state index in [-0.39, 0.29) is 10.5 Å². The van der Waals surface area contributed by atoms with E-state index in [1.165, 1.54) is 18.6 Å². The maximum atomic E-state index is 12.1. The third-order valence-corrected chi connectivity index (χ3v) is 8.53. The quantitative estimate of drug-likeness (QED) is 0.785. The van der Waals surface area contributed by atoms with Gasteiger partial charge in [0.1, 0.15) is 17.8 Å². The van der Waals surface area contributed by atoms with Crippen molar-refractivity contribution in [3.63, 3.8) is 0 Å². The Morgan fingerprint density at radius 1 is 1.24 bits per heavy atom. The molecule has 114 valence electrons. The summed E-state index contributed by atoms with van der Waals surface area (Å²) in [6, 6.07) is 4.95. The normalized spacial score (nSPS) is 12.6. The van der Waals surface area contributed by atoms with Crippen molar-refractivity contribution in [2.75, 3.05) is 0 Å². The highest BCUT2D eigenvalue weighted by molar-refractivity contribution is 6.74. The van der Waals surface area contributed by atoms with Crippen LogP contribution in [0, 0.1) is 0 Å². The van der Waals surface area contributed by atoms with Crippen molar-refractivity contribution in [2.24, 2.45) is 0 Å². The molecule has 0 saturated carbocycles. The highest BCUT2D eigenvalue weighted by Crippen LogP contribution is 2.37. The van der Waals surface area contributed by atoms with E-state index in [0.29, 0.717) is 23.7 Å². The first-order valence-electron chi connectivity index (χ1n) is 7.00. The van der Waals surface area contributed by atoms with Gasteiger partial charge in [0.25, 0.3) is 0 Å². The molecule has 0 amide bonds. The average molecular weight is 306 g/mol. The highest BCUT2D eigenvalue weighted by atomic mass is 28.4. The second-order valence-electron chi connectivity index (χ2n) is 6.65. The molecule has 0 aliphatic rings. The largest absolute Gasteiger partial charge is 0.466 e. The maximum Gasteiger partial charge on any atom is 0.196 e. The molecule has 0 fully saturated rings. The maximum absolute atomic E-state index is 12.1. The molecule has 0 bridgehead atoms. The molecule has 0 spiro atoms. The molecule has 0 radical (unpaired) electrons. The van der Waals surface area contributed by atoms with Gasteiger partial charge < -0.3 is 13.3 Å². The first kappa shape index (κ1) is 15.8. The van der Waals surface area contributed by atoms with Crippen LogP contribution in [0.3, 0.4) is 0 Å². The van der Waals surface area contributed by atoms with Crippen molar-refractivity contribution >= 4 is 8.32 Å². The fourth-order valence-electron chi connectivity index (χ4n) is 1.61. The lowest BCUT2D eigenvalue weighted by atomic mass is 10.2. The Labute approximate surface area is 125 Å². The molecule has 2 rings (SSSR count). The SMILES string of the molecule is CC(C)(C)[Si](C)(C)OCc1cc(=O)c(-c2ccco2)co1. The predicted molar refractivity (Wildman–Crippen MR) is 84.7 cm³/mol. The van der Waals surface area contributed by atoms with Crippen LogP contribution in [-0.2, 0) is 11.0 Å². The summed E-state index contributed by atoms with van der Waals surface area (Å²) in [5.74, 6) is 1.06. The Morgan fingerprint density at radius 3 is 2.48 bits per heavy atom. The monoisotopic (exact) mass is 306 g/mol. The first-order chi connectivity index (χ1) is 9.71.